The topological polar surface area (TPSA) is 163 Å². The van der Waals surface area contributed by atoms with E-state index >= 15 is 0 Å². The molecule has 0 radical (unpaired) electrons. The van der Waals surface area contributed by atoms with Crippen LogP contribution in [0.5, 0.6) is 0 Å². The summed E-state index contributed by atoms with van der Waals surface area (Å²) in [4.78, 5) is 58.5. The second-order valence-electron chi connectivity index (χ2n) is 9.39. The van der Waals surface area contributed by atoms with Crippen molar-refractivity contribution in [2.75, 3.05) is 0 Å². The molecule has 0 fully saturated rings. The van der Waals surface area contributed by atoms with Crippen LogP contribution in [0.25, 0.3) is 22.3 Å². The molecule has 2 aromatic carbocycles. The maximum absolute atomic E-state index is 13.5. The molecule has 2 aliphatic rings. The van der Waals surface area contributed by atoms with E-state index in [9.17, 15) is 29.6 Å². The number of cyclic esters (lactones) is 1. The summed E-state index contributed by atoms with van der Waals surface area (Å²) in [6.07, 6.45) is 1.38. The first-order valence-electron chi connectivity index (χ1n) is 12.3. The number of non-ortho nitro benzene ring substituents is 1. The maximum Gasteiger partial charge on any atom is 0.365 e. The number of esters is 1. The quantitative estimate of drug-likeness (QED) is 0.116. The number of carbonyl (C=O) groups excluding carboxylic acids is 2. The molecule has 6 rings (SSSR count). The van der Waals surface area contributed by atoms with E-state index in [4.69, 9.17) is 14.6 Å². The van der Waals surface area contributed by atoms with E-state index < -0.39 is 28.0 Å². The summed E-state index contributed by atoms with van der Waals surface area (Å²) in [5.41, 5.74) is 0.683. The van der Waals surface area contributed by atoms with Crippen LogP contribution in [0.4, 0.5) is 5.69 Å². The Bertz CT molecular complexity index is 1840. The van der Waals surface area contributed by atoms with Gasteiger partial charge in [0.05, 0.1) is 45.7 Å². The third-order valence-electron chi connectivity index (χ3n) is 7.27. The van der Waals surface area contributed by atoms with Gasteiger partial charge in [0.1, 0.15) is 6.61 Å². The molecule has 40 heavy (non-hydrogen) atoms. The molecule has 1 N–H and O–H groups in total. The molecule has 4 heterocycles. The van der Waals surface area contributed by atoms with Crippen LogP contribution in [0.3, 0.4) is 0 Å². The van der Waals surface area contributed by atoms with Gasteiger partial charge in [-0.25, -0.2) is 14.6 Å². The number of aromatic nitrogens is 2. The van der Waals surface area contributed by atoms with Crippen molar-refractivity contribution in [3.63, 3.8) is 0 Å². The molecule has 2 aliphatic heterocycles. The van der Waals surface area contributed by atoms with Gasteiger partial charge in [-0.2, -0.15) is 0 Å². The number of carbonyl (C=O) groups is 2. The summed E-state index contributed by atoms with van der Waals surface area (Å²) in [5.74, 6) is -1.61. The van der Waals surface area contributed by atoms with Crippen LogP contribution in [0, 0.1) is 10.1 Å². The standard InChI is InChI=1S/C28H20N4O8/c1-2-28(36)21-11-23-24-19(13-31(23)25(33)20(21)14-39-27(28)35)18(17-5-3-4-6-22(17)30-24)12-29-40-26(34)15-7-9-16(10-8-15)32(37)38/h3-12,36H,2,13-14H2,1H3/t28-/m0/s1. The molecule has 2 aromatic heterocycles. The fourth-order valence-corrected chi connectivity index (χ4v) is 5.11. The summed E-state index contributed by atoms with van der Waals surface area (Å²) in [7, 11) is 0. The molecular weight excluding hydrogens is 520 g/mol. The highest BCUT2D eigenvalue weighted by molar-refractivity contribution is 6.02. The van der Waals surface area contributed by atoms with Crippen LogP contribution < -0.4 is 5.56 Å². The van der Waals surface area contributed by atoms with Crippen molar-refractivity contribution >= 4 is 34.7 Å². The largest absolute Gasteiger partial charge is 0.458 e. The number of ether oxygens (including phenoxy) is 1. The van der Waals surface area contributed by atoms with E-state index in [1.807, 2.05) is 12.1 Å². The summed E-state index contributed by atoms with van der Waals surface area (Å²) in [6, 6.07) is 13.8. The van der Waals surface area contributed by atoms with Gasteiger partial charge >= 0.3 is 11.9 Å². The Hall–Kier alpha value is -5.23. The van der Waals surface area contributed by atoms with Crippen molar-refractivity contribution in [2.24, 2.45) is 5.16 Å². The lowest BCUT2D eigenvalue weighted by molar-refractivity contribution is -0.384. The van der Waals surface area contributed by atoms with Crippen molar-refractivity contribution in [3.8, 4) is 11.4 Å². The average Bonchev–Trinajstić information content (AvgIpc) is 3.33. The minimum Gasteiger partial charge on any atom is -0.458 e. The zero-order chi connectivity index (χ0) is 28.2. The van der Waals surface area contributed by atoms with Crippen molar-refractivity contribution in [3.05, 3.63) is 103 Å². The Morgan fingerprint density at radius 3 is 2.70 bits per heavy atom. The first-order valence-corrected chi connectivity index (χ1v) is 12.3. The van der Waals surface area contributed by atoms with Crippen molar-refractivity contribution < 1.29 is 29.2 Å². The van der Waals surface area contributed by atoms with Crippen LogP contribution in [0.15, 0.2) is 64.5 Å². The second-order valence-corrected chi connectivity index (χ2v) is 9.39. The normalized spacial score (nSPS) is 17.3. The van der Waals surface area contributed by atoms with Gasteiger partial charge in [0.25, 0.3) is 11.2 Å². The van der Waals surface area contributed by atoms with Gasteiger partial charge in [0.15, 0.2) is 5.60 Å². The molecule has 4 aromatic rings. The molecule has 0 saturated heterocycles. The lowest BCUT2D eigenvalue weighted by Gasteiger charge is -2.31. The number of hydrogen-bond donors (Lipinski definition) is 1. The SMILES string of the molecule is CC[C@@]1(O)C(=O)OCc2c1cc1n(c2=O)Cc2c-1nc1ccccc1c2C=NOC(=O)c1ccc([N+](=O)[O-])cc1. The van der Waals surface area contributed by atoms with Gasteiger partial charge in [-0.3, -0.25) is 14.9 Å². The van der Waals surface area contributed by atoms with Gasteiger partial charge in [-0.05, 0) is 30.7 Å². The number of fused-ring (bicyclic) bond motifs is 5. The number of nitro groups is 1. The van der Waals surface area contributed by atoms with Crippen molar-refractivity contribution in [1.82, 2.24) is 9.55 Å². The number of benzene rings is 2. The number of nitrogens with zero attached hydrogens (tertiary/aromatic N) is 4. The summed E-state index contributed by atoms with van der Waals surface area (Å²) in [5, 5.41) is 26.5. The third kappa shape index (κ3) is 3.76. The maximum atomic E-state index is 13.5. The smallest absolute Gasteiger partial charge is 0.365 e. The average molecular weight is 540 g/mol. The molecule has 0 spiro atoms. The van der Waals surface area contributed by atoms with Crippen molar-refractivity contribution in [1.29, 1.82) is 0 Å². The molecule has 0 saturated carbocycles. The number of nitro benzene ring substituents is 1. The van der Waals surface area contributed by atoms with Gasteiger partial charge in [-0.15, -0.1) is 0 Å². The van der Waals surface area contributed by atoms with Crippen LogP contribution in [-0.2, 0) is 33.1 Å². The van der Waals surface area contributed by atoms with Crippen LogP contribution in [0.2, 0.25) is 0 Å². The lowest BCUT2D eigenvalue weighted by atomic mass is 9.86. The number of aliphatic hydroxyl groups is 1. The fraction of sp³-hybridized carbons (Fsp3) is 0.179. The number of oxime groups is 1. The minimum atomic E-state index is -1.95. The first-order chi connectivity index (χ1) is 19.2. The lowest BCUT2D eigenvalue weighted by Crippen LogP contribution is -2.44. The van der Waals surface area contributed by atoms with E-state index in [1.165, 1.54) is 35.0 Å². The molecule has 1 atom stereocenters. The highest BCUT2D eigenvalue weighted by atomic mass is 16.7. The molecular formula is C28H20N4O8. The third-order valence-corrected chi connectivity index (χ3v) is 7.27. The highest BCUT2D eigenvalue weighted by Crippen LogP contribution is 2.39. The summed E-state index contributed by atoms with van der Waals surface area (Å²) >= 11 is 0. The van der Waals surface area contributed by atoms with Crippen LogP contribution in [0.1, 0.15) is 46.0 Å². The van der Waals surface area contributed by atoms with Gasteiger partial charge < -0.3 is 19.2 Å². The molecule has 0 aliphatic carbocycles. The Morgan fingerprint density at radius 1 is 1.23 bits per heavy atom. The van der Waals surface area contributed by atoms with E-state index in [0.29, 0.717) is 33.4 Å². The Morgan fingerprint density at radius 2 is 1.98 bits per heavy atom. The van der Waals surface area contributed by atoms with Crippen LogP contribution >= 0.6 is 0 Å². The van der Waals surface area contributed by atoms with Gasteiger partial charge in [0, 0.05) is 34.2 Å². The predicted octanol–water partition coefficient (Wildman–Crippen LogP) is 3.18. The molecule has 12 nitrogen and oxygen atoms in total. The highest BCUT2D eigenvalue weighted by Gasteiger charge is 2.45. The molecule has 0 unspecified atom stereocenters. The van der Waals surface area contributed by atoms with E-state index in [0.717, 1.165) is 0 Å². The van der Waals surface area contributed by atoms with E-state index in [-0.39, 0.29) is 42.0 Å². The van der Waals surface area contributed by atoms with Gasteiger partial charge in [-0.1, -0.05) is 30.3 Å². The Kier molecular flexibility index (Phi) is 5.77. The van der Waals surface area contributed by atoms with Crippen LogP contribution in [-0.4, -0.2) is 37.7 Å². The molecule has 0 bridgehead atoms. The second kappa shape index (κ2) is 9.20. The monoisotopic (exact) mass is 540 g/mol. The first kappa shape index (κ1) is 25.1. The molecule has 0 amide bonds. The zero-order valence-electron chi connectivity index (χ0n) is 21.0. The van der Waals surface area contributed by atoms with E-state index in [2.05, 4.69) is 5.16 Å². The fourth-order valence-electron chi connectivity index (χ4n) is 5.11. The Labute approximate surface area is 225 Å². The van der Waals surface area contributed by atoms with Gasteiger partial charge in [0.2, 0.25) is 0 Å². The minimum absolute atomic E-state index is 0.0256. The summed E-state index contributed by atoms with van der Waals surface area (Å²) in [6.45, 7) is 1.52. The number of hydrogen-bond acceptors (Lipinski definition) is 10. The van der Waals surface area contributed by atoms with E-state index in [1.54, 1.807) is 25.1 Å². The molecule has 200 valence electrons. The predicted molar refractivity (Wildman–Crippen MR) is 141 cm³/mol. The zero-order valence-corrected chi connectivity index (χ0v) is 21.0. The molecule has 12 heteroatoms. The number of pyridine rings is 2. The van der Waals surface area contributed by atoms with Crippen molar-refractivity contribution in [2.45, 2.75) is 32.1 Å². The number of rotatable bonds is 5. The number of para-hydroxylation sites is 1. The Balaban J connectivity index is 1.42. The summed E-state index contributed by atoms with van der Waals surface area (Å²) < 4.78 is 6.63.